The van der Waals surface area contributed by atoms with Gasteiger partial charge in [0.2, 0.25) is 11.8 Å². The van der Waals surface area contributed by atoms with Gasteiger partial charge in [-0.2, -0.15) is 0 Å². The highest BCUT2D eigenvalue weighted by molar-refractivity contribution is 6.05. The van der Waals surface area contributed by atoms with E-state index in [-0.39, 0.29) is 30.1 Å². The maximum atomic E-state index is 11.8. The lowest BCUT2D eigenvalue weighted by Gasteiger charge is -2.31. The lowest BCUT2D eigenvalue weighted by Crippen LogP contribution is -2.42. The minimum Gasteiger partial charge on any atom is -0.481 e. The fourth-order valence-electron chi connectivity index (χ4n) is 2.63. The summed E-state index contributed by atoms with van der Waals surface area (Å²) in [6.45, 7) is 1.65. The molecule has 0 radical (unpaired) electrons. The summed E-state index contributed by atoms with van der Waals surface area (Å²) >= 11 is 0. The number of rotatable bonds is 3. The number of imide groups is 1. The largest absolute Gasteiger partial charge is 0.481 e. The Bertz CT molecular complexity index is 368. The summed E-state index contributed by atoms with van der Waals surface area (Å²) in [6.07, 6.45) is 0.731. The van der Waals surface area contributed by atoms with Gasteiger partial charge in [-0.15, -0.1) is 0 Å². The highest BCUT2D eigenvalue weighted by Crippen LogP contribution is 2.32. The van der Waals surface area contributed by atoms with E-state index in [4.69, 9.17) is 5.11 Å². The van der Waals surface area contributed by atoms with Crippen molar-refractivity contribution in [2.75, 3.05) is 26.7 Å². The predicted octanol–water partition coefficient (Wildman–Crippen LogP) is -0.602. The molecule has 0 spiro atoms. The van der Waals surface area contributed by atoms with Crippen molar-refractivity contribution in [1.29, 1.82) is 0 Å². The van der Waals surface area contributed by atoms with Crippen LogP contribution in [0.5, 0.6) is 0 Å². The Morgan fingerprint density at radius 2 is 2.00 bits per heavy atom. The Kier molecular flexibility index (Phi) is 3.15. The molecule has 0 aromatic heterocycles. The number of hydrogen-bond donors (Lipinski definition) is 1. The first kappa shape index (κ1) is 12.0. The summed E-state index contributed by atoms with van der Waals surface area (Å²) in [5.74, 6) is -1.50. The van der Waals surface area contributed by atoms with Crippen molar-refractivity contribution >= 4 is 17.8 Å². The monoisotopic (exact) mass is 240 g/mol. The third-order valence-corrected chi connectivity index (χ3v) is 3.63. The number of amides is 2. The van der Waals surface area contributed by atoms with Crippen molar-refractivity contribution in [1.82, 2.24) is 9.80 Å². The Hall–Kier alpha value is -1.43. The van der Waals surface area contributed by atoms with E-state index in [1.165, 1.54) is 11.9 Å². The summed E-state index contributed by atoms with van der Waals surface area (Å²) in [4.78, 5) is 37.2. The Balaban J connectivity index is 1.97. The average molecular weight is 240 g/mol. The molecule has 2 fully saturated rings. The molecular weight excluding hydrogens is 224 g/mol. The van der Waals surface area contributed by atoms with Gasteiger partial charge >= 0.3 is 5.97 Å². The minimum absolute atomic E-state index is 0.0787. The van der Waals surface area contributed by atoms with Crippen LogP contribution in [-0.2, 0) is 14.4 Å². The SMILES string of the molecule is CN1C(=O)[C@@H]2CCN(CCC(=O)O)C[C@H]2C1=O. The zero-order valence-corrected chi connectivity index (χ0v) is 9.76. The Labute approximate surface area is 99.2 Å². The number of nitrogens with zero attached hydrogens (tertiary/aromatic N) is 2. The van der Waals surface area contributed by atoms with Gasteiger partial charge in [0.25, 0.3) is 0 Å². The highest BCUT2D eigenvalue weighted by atomic mass is 16.4. The summed E-state index contributed by atoms with van der Waals surface area (Å²) in [5.41, 5.74) is 0. The molecule has 0 saturated carbocycles. The van der Waals surface area contributed by atoms with Gasteiger partial charge in [0, 0.05) is 20.1 Å². The fourth-order valence-corrected chi connectivity index (χ4v) is 2.63. The molecule has 17 heavy (non-hydrogen) atoms. The molecule has 2 aliphatic rings. The first-order chi connectivity index (χ1) is 8.00. The van der Waals surface area contributed by atoms with Crippen molar-refractivity contribution in [2.24, 2.45) is 11.8 Å². The average Bonchev–Trinajstić information content (AvgIpc) is 2.52. The van der Waals surface area contributed by atoms with Gasteiger partial charge in [0.05, 0.1) is 18.3 Å². The summed E-state index contributed by atoms with van der Waals surface area (Å²) in [6, 6.07) is 0. The van der Waals surface area contributed by atoms with Crippen LogP contribution in [0.1, 0.15) is 12.8 Å². The molecule has 0 aromatic carbocycles. The van der Waals surface area contributed by atoms with Crippen molar-refractivity contribution in [3.63, 3.8) is 0 Å². The lowest BCUT2D eigenvalue weighted by atomic mass is 9.88. The van der Waals surface area contributed by atoms with E-state index in [1.807, 2.05) is 4.90 Å². The molecule has 0 unspecified atom stereocenters. The number of piperidine rings is 1. The van der Waals surface area contributed by atoms with Crippen molar-refractivity contribution in [2.45, 2.75) is 12.8 Å². The zero-order chi connectivity index (χ0) is 12.6. The van der Waals surface area contributed by atoms with Crippen LogP contribution < -0.4 is 0 Å². The molecule has 94 valence electrons. The second-order valence-corrected chi connectivity index (χ2v) is 4.68. The number of carboxylic acids is 1. The smallest absolute Gasteiger partial charge is 0.304 e. The number of hydrogen-bond acceptors (Lipinski definition) is 4. The van der Waals surface area contributed by atoms with Crippen molar-refractivity contribution in [3.05, 3.63) is 0 Å². The highest BCUT2D eigenvalue weighted by Gasteiger charge is 2.48. The minimum atomic E-state index is -0.835. The quantitative estimate of drug-likeness (QED) is 0.666. The Morgan fingerprint density at radius 1 is 1.35 bits per heavy atom. The Morgan fingerprint density at radius 3 is 2.65 bits per heavy atom. The number of aliphatic carboxylic acids is 1. The third-order valence-electron chi connectivity index (χ3n) is 3.63. The van der Waals surface area contributed by atoms with Gasteiger partial charge in [0.1, 0.15) is 0 Å². The number of fused-ring (bicyclic) bond motifs is 1. The summed E-state index contributed by atoms with van der Waals surface area (Å²) in [5, 5.41) is 8.61. The maximum absolute atomic E-state index is 11.8. The standard InChI is InChI=1S/C11H16N2O4/c1-12-10(16)7-2-4-13(5-3-9(14)15)6-8(7)11(12)17/h7-8H,2-6H2,1H3,(H,14,15)/t7-,8-/m1/s1. The number of carboxylic acid groups (broad SMARTS) is 1. The molecule has 6 heteroatoms. The molecule has 2 aliphatic heterocycles. The number of carbonyl (C=O) groups excluding carboxylic acids is 2. The second-order valence-electron chi connectivity index (χ2n) is 4.68. The van der Waals surface area contributed by atoms with E-state index in [1.54, 1.807) is 0 Å². The fraction of sp³-hybridized carbons (Fsp3) is 0.727. The molecule has 6 nitrogen and oxygen atoms in total. The van der Waals surface area contributed by atoms with E-state index >= 15 is 0 Å². The van der Waals surface area contributed by atoms with Gasteiger partial charge in [-0.05, 0) is 13.0 Å². The van der Waals surface area contributed by atoms with Crippen LogP contribution in [0.3, 0.4) is 0 Å². The molecule has 2 heterocycles. The van der Waals surface area contributed by atoms with Gasteiger partial charge in [-0.3, -0.25) is 19.3 Å². The van der Waals surface area contributed by atoms with Gasteiger partial charge in [0.15, 0.2) is 0 Å². The molecule has 0 aromatic rings. The van der Waals surface area contributed by atoms with E-state index in [2.05, 4.69) is 0 Å². The van der Waals surface area contributed by atoms with Crippen LogP contribution in [-0.4, -0.2) is 59.4 Å². The molecule has 1 N–H and O–H groups in total. The van der Waals surface area contributed by atoms with Crippen molar-refractivity contribution < 1.29 is 19.5 Å². The number of likely N-dealkylation sites (tertiary alicyclic amines) is 2. The van der Waals surface area contributed by atoms with Crippen LogP contribution in [0.4, 0.5) is 0 Å². The second kappa shape index (κ2) is 4.44. The van der Waals surface area contributed by atoms with E-state index in [0.29, 0.717) is 26.1 Å². The summed E-state index contributed by atoms with van der Waals surface area (Å²) < 4.78 is 0. The third kappa shape index (κ3) is 2.17. The molecule has 0 aliphatic carbocycles. The normalized spacial score (nSPS) is 29.6. The summed E-state index contributed by atoms with van der Waals surface area (Å²) in [7, 11) is 1.52. The number of carbonyl (C=O) groups is 3. The van der Waals surface area contributed by atoms with Crippen molar-refractivity contribution in [3.8, 4) is 0 Å². The zero-order valence-electron chi connectivity index (χ0n) is 9.76. The maximum Gasteiger partial charge on any atom is 0.304 e. The van der Waals surface area contributed by atoms with Crippen LogP contribution >= 0.6 is 0 Å². The van der Waals surface area contributed by atoms with E-state index < -0.39 is 5.97 Å². The topological polar surface area (TPSA) is 77.9 Å². The van der Waals surface area contributed by atoms with E-state index in [0.717, 1.165) is 0 Å². The van der Waals surface area contributed by atoms with Gasteiger partial charge in [-0.25, -0.2) is 0 Å². The molecule has 2 atom stereocenters. The molecule has 2 rings (SSSR count). The molecule has 2 saturated heterocycles. The van der Waals surface area contributed by atoms with Gasteiger partial charge in [-0.1, -0.05) is 0 Å². The van der Waals surface area contributed by atoms with Crippen LogP contribution in [0, 0.1) is 11.8 Å². The van der Waals surface area contributed by atoms with Crippen LogP contribution in [0.15, 0.2) is 0 Å². The molecule has 2 amide bonds. The van der Waals surface area contributed by atoms with Crippen LogP contribution in [0.25, 0.3) is 0 Å². The lowest BCUT2D eigenvalue weighted by molar-refractivity contribution is -0.138. The van der Waals surface area contributed by atoms with E-state index in [9.17, 15) is 14.4 Å². The first-order valence-corrected chi connectivity index (χ1v) is 5.76. The van der Waals surface area contributed by atoms with Gasteiger partial charge < -0.3 is 10.0 Å². The molecule has 0 bridgehead atoms. The predicted molar refractivity (Wildman–Crippen MR) is 58.1 cm³/mol. The first-order valence-electron chi connectivity index (χ1n) is 5.76. The van der Waals surface area contributed by atoms with Crippen LogP contribution in [0.2, 0.25) is 0 Å². The molecular formula is C11H16N2O4.